The zero-order valence-corrected chi connectivity index (χ0v) is 13.0. The van der Waals surface area contributed by atoms with Gasteiger partial charge < -0.3 is 14.4 Å². The Bertz CT molecular complexity index is 499. The third-order valence-corrected chi connectivity index (χ3v) is 3.62. The largest absolute Gasteiger partial charge is 0.476 e. The summed E-state index contributed by atoms with van der Waals surface area (Å²) in [6.45, 7) is 5.72. The minimum atomic E-state index is -1.01. The molecule has 20 heavy (non-hydrogen) atoms. The van der Waals surface area contributed by atoms with Crippen molar-refractivity contribution >= 4 is 29.1 Å². The predicted octanol–water partition coefficient (Wildman–Crippen LogP) is 3.01. The molecule has 0 spiro atoms. The second-order valence-electron chi connectivity index (χ2n) is 5.09. The lowest BCUT2D eigenvalue weighted by atomic mass is 10.1. The molecule has 0 bridgehead atoms. The van der Waals surface area contributed by atoms with Crippen molar-refractivity contribution in [3.8, 4) is 5.75 Å². The molecule has 0 radical (unpaired) electrons. The summed E-state index contributed by atoms with van der Waals surface area (Å²) in [6.07, 6.45) is 0. The van der Waals surface area contributed by atoms with E-state index >= 15 is 0 Å². The van der Waals surface area contributed by atoms with E-state index in [2.05, 4.69) is 0 Å². The summed E-state index contributed by atoms with van der Waals surface area (Å²) < 4.78 is 11.0. The van der Waals surface area contributed by atoms with Crippen LogP contribution in [0.25, 0.3) is 0 Å². The van der Waals surface area contributed by atoms with Gasteiger partial charge in [-0.1, -0.05) is 23.2 Å². The third kappa shape index (κ3) is 3.57. The Morgan fingerprint density at radius 1 is 1.30 bits per heavy atom. The number of rotatable bonds is 3. The minimum Gasteiger partial charge on any atom is -0.476 e. The molecule has 1 aliphatic heterocycles. The summed E-state index contributed by atoms with van der Waals surface area (Å²) in [5, 5.41) is 0.941. The number of nitrogens with zero attached hydrogens (tertiary/aromatic N) is 1. The molecule has 1 fully saturated rings. The summed E-state index contributed by atoms with van der Waals surface area (Å²) >= 11 is 12.0. The van der Waals surface area contributed by atoms with Gasteiger partial charge in [0.2, 0.25) is 0 Å². The van der Waals surface area contributed by atoms with E-state index < -0.39 is 5.60 Å². The minimum absolute atomic E-state index is 0.0863. The lowest BCUT2D eigenvalue weighted by Crippen LogP contribution is -2.52. The molecule has 1 aliphatic rings. The van der Waals surface area contributed by atoms with E-state index in [1.54, 1.807) is 36.9 Å². The Hall–Kier alpha value is -0.970. The van der Waals surface area contributed by atoms with Gasteiger partial charge in [0.1, 0.15) is 5.75 Å². The number of halogens is 2. The molecule has 1 aromatic rings. The second kappa shape index (κ2) is 6.20. The van der Waals surface area contributed by atoms with Crippen molar-refractivity contribution in [3.63, 3.8) is 0 Å². The highest BCUT2D eigenvalue weighted by molar-refractivity contribution is 6.34. The van der Waals surface area contributed by atoms with Gasteiger partial charge in [-0.2, -0.15) is 0 Å². The van der Waals surface area contributed by atoms with Gasteiger partial charge in [0.05, 0.1) is 18.2 Å². The van der Waals surface area contributed by atoms with Crippen LogP contribution in [0.1, 0.15) is 13.8 Å². The topological polar surface area (TPSA) is 38.8 Å². The molecule has 1 amide bonds. The zero-order valence-electron chi connectivity index (χ0n) is 11.5. The molecule has 1 saturated heterocycles. The fraction of sp³-hybridized carbons (Fsp3) is 0.500. The second-order valence-corrected chi connectivity index (χ2v) is 5.94. The van der Waals surface area contributed by atoms with Crippen molar-refractivity contribution in [2.24, 2.45) is 0 Å². The number of ether oxygens (including phenoxy) is 2. The molecule has 1 aromatic carbocycles. The molecule has 110 valence electrons. The van der Waals surface area contributed by atoms with Gasteiger partial charge >= 0.3 is 0 Å². The number of benzene rings is 1. The Kier molecular flexibility index (Phi) is 4.78. The van der Waals surface area contributed by atoms with Gasteiger partial charge in [-0.15, -0.1) is 0 Å². The molecule has 4 nitrogen and oxygen atoms in total. The van der Waals surface area contributed by atoms with E-state index in [0.29, 0.717) is 42.1 Å². The number of carbonyl (C=O) groups excluding carboxylic acids is 1. The van der Waals surface area contributed by atoms with E-state index in [-0.39, 0.29) is 5.91 Å². The van der Waals surface area contributed by atoms with Crippen LogP contribution in [-0.2, 0) is 9.53 Å². The quantitative estimate of drug-likeness (QED) is 0.860. The first-order chi connectivity index (χ1) is 9.40. The highest BCUT2D eigenvalue weighted by Crippen LogP contribution is 2.31. The fourth-order valence-electron chi connectivity index (χ4n) is 2.02. The monoisotopic (exact) mass is 317 g/mol. The van der Waals surface area contributed by atoms with Crippen LogP contribution in [0.5, 0.6) is 5.75 Å². The van der Waals surface area contributed by atoms with Crippen molar-refractivity contribution in [1.82, 2.24) is 4.90 Å². The zero-order chi connectivity index (χ0) is 14.8. The van der Waals surface area contributed by atoms with Crippen LogP contribution < -0.4 is 4.74 Å². The van der Waals surface area contributed by atoms with E-state index in [4.69, 9.17) is 32.7 Å². The molecule has 0 aliphatic carbocycles. The molecule has 0 saturated carbocycles. The maximum absolute atomic E-state index is 12.5. The first-order valence-electron chi connectivity index (χ1n) is 6.41. The molecule has 0 N–H and O–H groups in total. The van der Waals surface area contributed by atoms with Gasteiger partial charge in [0.25, 0.3) is 5.91 Å². The normalized spacial score (nSPS) is 16.1. The number of morpholine rings is 1. The average molecular weight is 318 g/mol. The number of amides is 1. The van der Waals surface area contributed by atoms with E-state index in [9.17, 15) is 4.79 Å². The van der Waals surface area contributed by atoms with Crippen molar-refractivity contribution in [2.45, 2.75) is 19.4 Å². The molecular weight excluding hydrogens is 301 g/mol. The predicted molar refractivity (Wildman–Crippen MR) is 78.6 cm³/mol. The number of carbonyl (C=O) groups is 1. The molecule has 2 rings (SSSR count). The average Bonchev–Trinajstić information content (AvgIpc) is 2.43. The number of hydrogen-bond acceptors (Lipinski definition) is 3. The maximum Gasteiger partial charge on any atom is 0.266 e. The molecular formula is C14H17Cl2NO3. The van der Waals surface area contributed by atoms with Crippen molar-refractivity contribution in [1.29, 1.82) is 0 Å². The van der Waals surface area contributed by atoms with Gasteiger partial charge in [-0.25, -0.2) is 0 Å². The molecule has 6 heteroatoms. The molecule has 0 atom stereocenters. The molecule has 0 unspecified atom stereocenters. The lowest BCUT2D eigenvalue weighted by molar-refractivity contribution is -0.149. The maximum atomic E-state index is 12.5. The number of hydrogen-bond donors (Lipinski definition) is 0. The van der Waals surface area contributed by atoms with Gasteiger partial charge in [-0.3, -0.25) is 4.79 Å². The van der Waals surface area contributed by atoms with Crippen LogP contribution in [0.3, 0.4) is 0 Å². The smallest absolute Gasteiger partial charge is 0.266 e. The molecule has 1 heterocycles. The van der Waals surface area contributed by atoms with Crippen LogP contribution in [0.4, 0.5) is 0 Å². The Morgan fingerprint density at radius 2 is 1.95 bits per heavy atom. The van der Waals surface area contributed by atoms with E-state index in [1.165, 1.54) is 0 Å². The van der Waals surface area contributed by atoms with Crippen molar-refractivity contribution < 1.29 is 14.3 Å². The van der Waals surface area contributed by atoms with Gasteiger partial charge in [0, 0.05) is 24.2 Å². The lowest BCUT2D eigenvalue weighted by Gasteiger charge is -2.34. The standard InChI is InChI=1S/C14H17Cl2NO3/c1-14(2,13(18)17-5-7-19-8-6-17)20-12-9-10(15)3-4-11(12)16/h3-4,9H,5-8H2,1-2H3. The van der Waals surface area contributed by atoms with Gasteiger partial charge in [-0.05, 0) is 26.0 Å². The van der Waals surface area contributed by atoms with Crippen molar-refractivity contribution in [2.75, 3.05) is 26.3 Å². The third-order valence-electron chi connectivity index (χ3n) is 3.07. The molecule has 0 aromatic heterocycles. The Balaban J connectivity index is 2.13. The Morgan fingerprint density at radius 3 is 2.60 bits per heavy atom. The Labute approximate surface area is 128 Å². The van der Waals surface area contributed by atoms with E-state index in [1.807, 2.05) is 0 Å². The summed E-state index contributed by atoms with van der Waals surface area (Å²) in [5.41, 5.74) is -1.01. The van der Waals surface area contributed by atoms with Crippen LogP contribution in [0.15, 0.2) is 18.2 Å². The van der Waals surface area contributed by atoms with E-state index in [0.717, 1.165) is 0 Å². The first-order valence-corrected chi connectivity index (χ1v) is 7.17. The summed E-state index contributed by atoms with van der Waals surface area (Å²) in [7, 11) is 0. The van der Waals surface area contributed by atoms with Crippen LogP contribution in [0, 0.1) is 0 Å². The van der Waals surface area contributed by atoms with Gasteiger partial charge in [0.15, 0.2) is 5.60 Å². The van der Waals surface area contributed by atoms with Crippen LogP contribution >= 0.6 is 23.2 Å². The van der Waals surface area contributed by atoms with Crippen LogP contribution in [-0.4, -0.2) is 42.7 Å². The SMILES string of the molecule is CC(C)(Oc1cc(Cl)ccc1Cl)C(=O)N1CCOCC1. The summed E-state index contributed by atoms with van der Waals surface area (Å²) in [4.78, 5) is 14.2. The summed E-state index contributed by atoms with van der Waals surface area (Å²) in [6, 6.07) is 4.93. The highest BCUT2D eigenvalue weighted by atomic mass is 35.5. The highest BCUT2D eigenvalue weighted by Gasteiger charge is 2.35. The van der Waals surface area contributed by atoms with Crippen molar-refractivity contribution in [3.05, 3.63) is 28.2 Å². The fourth-order valence-corrected chi connectivity index (χ4v) is 2.34. The van der Waals surface area contributed by atoms with Crippen LogP contribution in [0.2, 0.25) is 10.0 Å². The summed E-state index contributed by atoms with van der Waals surface area (Å²) in [5.74, 6) is 0.322. The first kappa shape index (κ1) is 15.4.